The molecule has 0 radical (unpaired) electrons. The molecule has 16 heavy (non-hydrogen) atoms. The van der Waals surface area contributed by atoms with Crippen LogP contribution in [-0.2, 0) is 6.42 Å². The van der Waals surface area contributed by atoms with Crippen molar-refractivity contribution in [2.24, 2.45) is 5.92 Å². The standard InChI is InChI=1S/C13H20ClNO/c1-10(6-7-15-2)8-11-4-5-13(16-3)12(14)9-11/h4-5,9-10,15H,6-8H2,1-3H3. The van der Waals surface area contributed by atoms with Crippen molar-refractivity contribution in [3.8, 4) is 5.75 Å². The summed E-state index contributed by atoms with van der Waals surface area (Å²) in [6.45, 7) is 3.32. The molecule has 0 saturated carbocycles. The van der Waals surface area contributed by atoms with Gasteiger partial charge < -0.3 is 10.1 Å². The summed E-state index contributed by atoms with van der Waals surface area (Å²) in [5.74, 6) is 1.41. The highest BCUT2D eigenvalue weighted by molar-refractivity contribution is 6.32. The number of rotatable bonds is 6. The SMILES string of the molecule is CNCCC(C)Cc1ccc(OC)c(Cl)c1. The zero-order chi connectivity index (χ0) is 12.0. The molecule has 0 spiro atoms. The Balaban J connectivity index is 2.57. The van der Waals surface area contributed by atoms with Gasteiger partial charge in [-0.1, -0.05) is 24.6 Å². The van der Waals surface area contributed by atoms with Crippen LogP contribution in [0.25, 0.3) is 0 Å². The molecule has 1 atom stereocenters. The van der Waals surface area contributed by atoms with E-state index in [0.29, 0.717) is 10.9 Å². The molecule has 1 rings (SSSR count). The van der Waals surface area contributed by atoms with E-state index in [2.05, 4.69) is 18.3 Å². The van der Waals surface area contributed by atoms with E-state index in [1.807, 2.05) is 19.2 Å². The lowest BCUT2D eigenvalue weighted by atomic mass is 9.98. The zero-order valence-corrected chi connectivity index (χ0v) is 11.0. The van der Waals surface area contributed by atoms with Crippen molar-refractivity contribution in [3.05, 3.63) is 28.8 Å². The summed E-state index contributed by atoms with van der Waals surface area (Å²) in [5.41, 5.74) is 1.27. The third kappa shape index (κ3) is 4.03. The van der Waals surface area contributed by atoms with Gasteiger partial charge in [-0.3, -0.25) is 0 Å². The first-order valence-corrected chi connectivity index (χ1v) is 6.02. The van der Waals surface area contributed by atoms with E-state index in [4.69, 9.17) is 16.3 Å². The van der Waals surface area contributed by atoms with E-state index < -0.39 is 0 Å². The first kappa shape index (κ1) is 13.3. The van der Waals surface area contributed by atoms with Crippen molar-refractivity contribution in [1.82, 2.24) is 5.32 Å². The lowest BCUT2D eigenvalue weighted by Crippen LogP contribution is -2.12. The summed E-state index contributed by atoms with van der Waals surface area (Å²) < 4.78 is 5.13. The predicted molar refractivity (Wildman–Crippen MR) is 69.4 cm³/mol. The van der Waals surface area contributed by atoms with Gasteiger partial charge in [0.25, 0.3) is 0 Å². The second-order valence-electron chi connectivity index (χ2n) is 4.17. The third-order valence-corrected chi connectivity index (χ3v) is 2.98. The van der Waals surface area contributed by atoms with Gasteiger partial charge in [0.15, 0.2) is 0 Å². The summed E-state index contributed by atoms with van der Waals surface area (Å²) in [4.78, 5) is 0. The fourth-order valence-corrected chi connectivity index (χ4v) is 2.01. The Morgan fingerprint density at radius 1 is 1.44 bits per heavy atom. The molecule has 1 N–H and O–H groups in total. The Kier molecular flexibility index (Phi) is 5.64. The Morgan fingerprint density at radius 3 is 2.75 bits per heavy atom. The molecule has 1 unspecified atom stereocenters. The summed E-state index contributed by atoms with van der Waals surface area (Å²) in [5, 5.41) is 3.86. The largest absolute Gasteiger partial charge is 0.495 e. The molecule has 0 saturated heterocycles. The molecule has 0 fully saturated rings. The van der Waals surface area contributed by atoms with Gasteiger partial charge in [-0.2, -0.15) is 0 Å². The molecule has 1 aromatic rings. The minimum absolute atomic E-state index is 0.664. The second-order valence-corrected chi connectivity index (χ2v) is 4.58. The average Bonchev–Trinajstić information content (AvgIpc) is 2.26. The highest BCUT2D eigenvalue weighted by Gasteiger charge is 2.06. The van der Waals surface area contributed by atoms with E-state index >= 15 is 0 Å². The van der Waals surface area contributed by atoms with Crippen molar-refractivity contribution in [2.75, 3.05) is 20.7 Å². The van der Waals surface area contributed by atoms with Crippen LogP contribution in [-0.4, -0.2) is 20.7 Å². The maximum atomic E-state index is 6.08. The predicted octanol–water partition coefficient (Wildman–Crippen LogP) is 3.14. The number of ether oxygens (including phenoxy) is 1. The van der Waals surface area contributed by atoms with Crippen LogP contribution in [0.4, 0.5) is 0 Å². The maximum absolute atomic E-state index is 6.08. The monoisotopic (exact) mass is 241 g/mol. The number of halogens is 1. The van der Waals surface area contributed by atoms with Gasteiger partial charge in [0.1, 0.15) is 5.75 Å². The molecule has 1 aromatic carbocycles. The van der Waals surface area contributed by atoms with Crippen molar-refractivity contribution in [3.63, 3.8) is 0 Å². The van der Waals surface area contributed by atoms with Gasteiger partial charge >= 0.3 is 0 Å². The molecular formula is C13H20ClNO. The van der Waals surface area contributed by atoms with Crippen LogP contribution in [0.1, 0.15) is 18.9 Å². The highest BCUT2D eigenvalue weighted by Crippen LogP contribution is 2.26. The molecule has 0 heterocycles. The van der Waals surface area contributed by atoms with Crippen molar-refractivity contribution >= 4 is 11.6 Å². The van der Waals surface area contributed by atoms with E-state index in [-0.39, 0.29) is 0 Å². The lowest BCUT2D eigenvalue weighted by molar-refractivity contribution is 0.414. The summed E-state index contributed by atoms with van der Waals surface area (Å²) in [6, 6.07) is 6.01. The molecule has 2 nitrogen and oxygen atoms in total. The first-order chi connectivity index (χ1) is 7.67. The van der Waals surface area contributed by atoms with Crippen LogP contribution < -0.4 is 10.1 Å². The number of hydrogen-bond donors (Lipinski definition) is 1. The normalized spacial score (nSPS) is 12.5. The van der Waals surface area contributed by atoms with Crippen LogP contribution in [0.2, 0.25) is 5.02 Å². The summed E-state index contributed by atoms with van der Waals surface area (Å²) >= 11 is 6.08. The molecule has 0 aromatic heterocycles. The van der Waals surface area contributed by atoms with Crippen molar-refractivity contribution in [1.29, 1.82) is 0 Å². The quantitative estimate of drug-likeness (QED) is 0.826. The van der Waals surface area contributed by atoms with Crippen LogP contribution in [0.15, 0.2) is 18.2 Å². The van der Waals surface area contributed by atoms with E-state index in [1.165, 1.54) is 12.0 Å². The molecular weight excluding hydrogens is 222 g/mol. The van der Waals surface area contributed by atoms with Crippen LogP contribution >= 0.6 is 11.6 Å². The van der Waals surface area contributed by atoms with Gasteiger partial charge in [0.05, 0.1) is 12.1 Å². The zero-order valence-electron chi connectivity index (χ0n) is 10.2. The number of benzene rings is 1. The number of nitrogens with one attached hydrogen (secondary N) is 1. The minimum Gasteiger partial charge on any atom is -0.495 e. The van der Waals surface area contributed by atoms with Crippen molar-refractivity contribution < 1.29 is 4.74 Å². The minimum atomic E-state index is 0.664. The maximum Gasteiger partial charge on any atom is 0.137 e. The van der Waals surface area contributed by atoms with E-state index in [0.717, 1.165) is 18.7 Å². The van der Waals surface area contributed by atoms with Gasteiger partial charge in [-0.15, -0.1) is 0 Å². The van der Waals surface area contributed by atoms with Crippen LogP contribution in [0.3, 0.4) is 0 Å². The molecule has 90 valence electrons. The molecule has 0 bridgehead atoms. The molecule has 0 aliphatic heterocycles. The first-order valence-electron chi connectivity index (χ1n) is 5.64. The second kappa shape index (κ2) is 6.77. The lowest BCUT2D eigenvalue weighted by Gasteiger charge is -2.12. The molecule has 3 heteroatoms. The van der Waals surface area contributed by atoms with Gasteiger partial charge in [0.2, 0.25) is 0 Å². The Labute approximate surface area is 103 Å². The Hall–Kier alpha value is -0.730. The fraction of sp³-hybridized carbons (Fsp3) is 0.538. The van der Waals surface area contributed by atoms with Gasteiger partial charge in [-0.25, -0.2) is 0 Å². The van der Waals surface area contributed by atoms with Gasteiger partial charge in [-0.05, 0) is 50.0 Å². The average molecular weight is 242 g/mol. The fourth-order valence-electron chi connectivity index (χ4n) is 1.73. The highest BCUT2D eigenvalue weighted by atomic mass is 35.5. The number of methoxy groups -OCH3 is 1. The topological polar surface area (TPSA) is 21.3 Å². The number of hydrogen-bond acceptors (Lipinski definition) is 2. The van der Waals surface area contributed by atoms with Gasteiger partial charge in [0, 0.05) is 0 Å². The van der Waals surface area contributed by atoms with E-state index in [9.17, 15) is 0 Å². The summed E-state index contributed by atoms with van der Waals surface area (Å²) in [6.07, 6.45) is 2.24. The van der Waals surface area contributed by atoms with Crippen molar-refractivity contribution in [2.45, 2.75) is 19.8 Å². The Morgan fingerprint density at radius 2 is 2.19 bits per heavy atom. The molecule has 0 amide bonds. The Bertz CT molecular complexity index is 328. The van der Waals surface area contributed by atoms with Crippen LogP contribution in [0.5, 0.6) is 5.75 Å². The molecule has 0 aliphatic rings. The summed E-state index contributed by atoms with van der Waals surface area (Å²) in [7, 11) is 3.62. The smallest absolute Gasteiger partial charge is 0.137 e. The molecule has 0 aliphatic carbocycles. The third-order valence-electron chi connectivity index (χ3n) is 2.69. The van der Waals surface area contributed by atoms with Crippen LogP contribution in [0, 0.1) is 5.92 Å². The van der Waals surface area contributed by atoms with E-state index in [1.54, 1.807) is 7.11 Å².